The van der Waals surface area contributed by atoms with Crippen LogP contribution in [0.4, 0.5) is 0 Å². The highest BCUT2D eigenvalue weighted by Gasteiger charge is 2.03. The average molecular weight is 247 g/mol. The number of hydrogen-bond donors (Lipinski definition) is 2. The average Bonchev–Trinajstić information content (AvgIpc) is 2.62. The normalized spacial score (nSPS) is 10.3. The predicted molar refractivity (Wildman–Crippen MR) is 64.3 cm³/mol. The van der Waals surface area contributed by atoms with Crippen LogP contribution < -0.4 is 11.1 Å². The first-order valence-corrected chi connectivity index (χ1v) is 6.13. The van der Waals surface area contributed by atoms with Crippen molar-refractivity contribution in [2.45, 2.75) is 19.3 Å². The van der Waals surface area contributed by atoms with Crippen LogP contribution in [-0.2, 0) is 11.2 Å². The van der Waals surface area contributed by atoms with Gasteiger partial charge in [0.15, 0.2) is 0 Å². The molecule has 0 bridgehead atoms. The van der Waals surface area contributed by atoms with Gasteiger partial charge in [-0.05, 0) is 31.5 Å². The summed E-state index contributed by atoms with van der Waals surface area (Å²) in [6.07, 6.45) is 2.10. The fourth-order valence-electron chi connectivity index (χ4n) is 1.14. The number of carbonyl (C=O) groups is 1. The van der Waals surface area contributed by atoms with Crippen molar-refractivity contribution in [1.29, 1.82) is 0 Å². The molecule has 3 nitrogen and oxygen atoms in total. The van der Waals surface area contributed by atoms with Crippen LogP contribution in [-0.4, -0.2) is 19.0 Å². The third-order valence-electron chi connectivity index (χ3n) is 1.93. The summed E-state index contributed by atoms with van der Waals surface area (Å²) in [5.74, 6) is 0.0768. The number of thiophene rings is 1. The maximum Gasteiger partial charge on any atom is 0.220 e. The summed E-state index contributed by atoms with van der Waals surface area (Å²) in [5, 5.41) is 2.81. The molecule has 5 heteroatoms. The SMILES string of the molecule is NCCCNC(=O)CCc1ccc(Cl)s1. The molecular weight excluding hydrogens is 232 g/mol. The van der Waals surface area contributed by atoms with Gasteiger partial charge < -0.3 is 11.1 Å². The van der Waals surface area contributed by atoms with Crippen molar-refractivity contribution in [3.05, 3.63) is 21.3 Å². The van der Waals surface area contributed by atoms with E-state index in [0.717, 1.165) is 22.1 Å². The Morgan fingerprint density at radius 2 is 2.33 bits per heavy atom. The topological polar surface area (TPSA) is 55.1 Å². The Balaban J connectivity index is 2.16. The number of nitrogens with two attached hydrogens (primary N) is 1. The number of hydrogen-bond acceptors (Lipinski definition) is 3. The molecule has 0 aromatic carbocycles. The Morgan fingerprint density at radius 1 is 1.53 bits per heavy atom. The largest absolute Gasteiger partial charge is 0.356 e. The first-order valence-electron chi connectivity index (χ1n) is 4.93. The molecule has 1 aromatic rings. The van der Waals surface area contributed by atoms with E-state index in [2.05, 4.69) is 5.32 Å². The summed E-state index contributed by atoms with van der Waals surface area (Å²) in [4.78, 5) is 12.5. The lowest BCUT2D eigenvalue weighted by atomic mass is 10.2. The van der Waals surface area contributed by atoms with Gasteiger partial charge in [-0.3, -0.25) is 4.79 Å². The second kappa shape index (κ2) is 6.82. The minimum Gasteiger partial charge on any atom is -0.356 e. The molecular formula is C10H15ClN2OS. The smallest absolute Gasteiger partial charge is 0.220 e. The quantitative estimate of drug-likeness (QED) is 0.752. The lowest BCUT2D eigenvalue weighted by molar-refractivity contribution is -0.121. The molecule has 1 heterocycles. The van der Waals surface area contributed by atoms with E-state index in [-0.39, 0.29) is 5.91 Å². The molecule has 0 aliphatic heterocycles. The predicted octanol–water partition coefficient (Wildman–Crippen LogP) is 1.80. The fraction of sp³-hybridized carbons (Fsp3) is 0.500. The van der Waals surface area contributed by atoms with Crippen LogP contribution in [0.2, 0.25) is 4.34 Å². The lowest BCUT2D eigenvalue weighted by Crippen LogP contribution is -2.25. The van der Waals surface area contributed by atoms with Crippen molar-refractivity contribution in [2.75, 3.05) is 13.1 Å². The van der Waals surface area contributed by atoms with Gasteiger partial charge in [0, 0.05) is 17.8 Å². The zero-order valence-electron chi connectivity index (χ0n) is 8.46. The summed E-state index contributed by atoms with van der Waals surface area (Å²) in [5.41, 5.74) is 5.32. The molecule has 1 aromatic heterocycles. The summed E-state index contributed by atoms with van der Waals surface area (Å²) in [6, 6.07) is 3.81. The van der Waals surface area contributed by atoms with Crippen LogP contribution in [0.1, 0.15) is 17.7 Å². The zero-order chi connectivity index (χ0) is 11.1. The van der Waals surface area contributed by atoms with E-state index in [1.54, 1.807) is 0 Å². The fourth-order valence-corrected chi connectivity index (χ4v) is 2.23. The zero-order valence-corrected chi connectivity index (χ0v) is 10.0. The molecule has 0 spiro atoms. The third-order valence-corrected chi connectivity index (χ3v) is 3.22. The third kappa shape index (κ3) is 5.16. The van der Waals surface area contributed by atoms with Crippen molar-refractivity contribution >= 4 is 28.8 Å². The Labute approximate surface area is 98.6 Å². The highest BCUT2D eigenvalue weighted by molar-refractivity contribution is 7.16. The molecule has 0 atom stereocenters. The summed E-state index contributed by atoms with van der Waals surface area (Å²) >= 11 is 7.31. The van der Waals surface area contributed by atoms with Crippen LogP contribution in [0.15, 0.2) is 12.1 Å². The van der Waals surface area contributed by atoms with Gasteiger partial charge in [0.05, 0.1) is 4.34 Å². The molecule has 15 heavy (non-hydrogen) atoms. The van der Waals surface area contributed by atoms with Crippen LogP contribution in [0.25, 0.3) is 0 Å². The molecule has 84 valence electrons. The van der Waals surface area contributed by atoms with E-state index in [4.69, 9.17) is 17.3 Å². The maximum absolute atomic E-state index is 11.3. The van der Waals surface area contributed by atoms with Gasteiger partial charge in [0.2, 0.25) is 5.91 Å². The standard InChI is InChI=1S/C10H15ClN2OS/c11-9-4-2-8(15-9)3-5-10(14)13-7-1-6-12/h2,4H,1,3,5-7,12H2,(H,13,14). The van der Waals surface area contributed by atoms with E-state index in [0.29, 0.717) is 19.5 Å². The van der Waals surface area contributed by atoms with Crippen LogP contribution in [0.5, 0.6) is 0 Å². The molecule has 1 amide bonds. The number of halogens is 1. The van der Waals surface area contributed by atoms with Crippen molar-refractivity contribution < 1.29 is 4.79 Å². The second-order valence-electron chi connectivity index (χ2n) is 3.20. The van der Waals surface area contributed by atoms with Gasteiger partial charge in [-0.15, -0.1) is 11.3 Å². The van der Waals surface area contributed by atoms with E-state index >= 15 is 0 Å². The highest BCUT2D eigenvalue weighted by atomic mass is 35.5. The van der Waals surface area contributed by atoms with E-state index in [9.17, 15) is 4.79 Å². The first-order chi connectivity index (χ1) is 7.22. The summed E-state index contributed by atoms with van der Waals surface area (Å²) in [7, 11) is 0. The van der Waals surface area contributed by atoms with Crippen LogP contribution in [0.3, 0.4) is 0 Å². The van der Waals surface area contributed by atoms with E-state index in [1.807, 2.05) is 12.1 Å². The molecule has 0 saturated heterocycles. The summed E-state index contributed by atoms with van der Waals surface area (Å²) in [6.45, 7) is 1.28. The minimum absolute atomic E-state index is 0.0768. The Kier molecular flexibility index (Phi) is 5.68. The number of carbonyl (C=O) groups excluding carboxylic acids is 1. The molecule has 0 saturated carbocycles. The van der Waals surface area contributed by atoms with Gasteiger partial charge in [-0.1, -0.05) is 11.6 Å². The number of aryl methyl sites for hydroxylation is 1. The second-order valence-corrected chi connectivity index (χ2v) is 5.00. The number of amides is 1. The molecule has 0 fully saturated rings. The maximum atomic E-state index is 11.3. The minimum atomic E-state index is 0.0768. The highest BCUT2D eigenvalue weighted by Crippen LogP contribution is 2.22. The van der Waals surface area contributed by atoms with Crippen molar-refractivity contribution in [3.63, 3.8) is 0 Å². The monoisotopic (exact) mass is 246 g/mol. The van der Waals surface area contributed by atoms with Gasteiger partial charge in [0.25, 0.3) is 0 Å². The number of rotatable bonds is 6. The van der Waals surface area contributed by atoms with Gasteiger partial charge in [0.1, 0.15) is 0 Å². The Morgan fingerprint density at radius 3 is 2.93 bits per heavy atom. The Bertz CT molecular complexity index is 314. The molecule has 0 aliphatic carbocycles. The first kappa shape index (κ1) is 12.5. The molecule has 0 aliphatic rings. The van der Waals surface area contributed by atoms with Crippen LogP contribution >= 0.6 is 22.9 Å². The molecule has 1 rings (SSSR count). The summed E-state index contributed by atoms with van der Waals surface area (Å²) < 4.78 is 0.772. The number of nitrogens with one attached hydrogen (secondary N) is 1. The van der Waals surface area contributed by atoms with Gasteiger partial charge in [-0.25, -0.2) is 0 Å². The van der Waals surface area contributed by atoms with E-state index < -0.39 is 0 Å². The van der Waals surface area contributed by atoms with Gasteiger partial charge >= 0.3 is 0 Å². The van der Waals surface area contributed by atoms with Gasteiger partial charge in [-0.2, -0.15) is 0 Å². The Hall–Kier alpha value is -0.580. The molecule has 0 unspecified atom stereocenters. The van der Waals surface area contributed by atoms with Crippen LogP contribution in [0, 0.1) is 0 Å². The molecule has 0 radical (unpaired) electrons. The van der Waals surface area contributed by atoms with Crippen molar-refractivity contribution in [3.8, 4) is 0 Å². The van der Waals surface area contributed by atoms with E-state index in [1.165, 1.54) is 11.3 Å². The lowest BCUT2D eigenvalue weighted by Gasteiger charge is -2.02. The van der Waals surface area contributed by atoms with Crippen molar-refractivity contribution in [2.24, 2.45) is 5.73 Å². The van der Waals surface area contributed by atoms with Crippen molar-refractivity contribution in [1.82, 2.24) is 5.32 Å². The molecule has 3 N–H and O–H groups in total.